The maximum absolute atomic E-state index is 13.2. The van der Waals surface area contributed by atoms with Gasteiger partial charge in [0.2, 0.25) is 0 Å². The molecule has 0 saturated heterocycles. The van der Waals surface area contributed by atoms with E-state index in [0.29, 0.717) is 25.7 Å². The fourth-order valence-electron chi connectivity index (χ4n) is 8.91. The molecule has 3 fully saturated rings. The van der Waals surface area contributed by atoms with Gasteiger partial charge in [0.05, 0.1) is 6.10 Å². The van der Waals surface area contributed by atoms with Crippen molar-refractivity contribution in [3.8, 4) is 0 Å². The Morgan fingerprint density at radius 2 is 1.91 bits per heavy atom. The number of carbonyl (C=O) groups is 3. The highest BCUT2D eigenvalue weighted by Crippen LogP contribution is 2.70. The van der Waals surface area contributed by atoms with Gasteiger partial charge in [-0.2, -0.15) is 0 Å². The van der Waals surface area contributed by atoms with E-state index in [9.17, 15) is 19.5 Å². The lowest BCUT2D eigenvalue weighted by atomic mass is 9.44. The summed E-state index contributed by atoms with van der Waals surface area (Å²) in [4.78, 5) is 38.1. The summed E-state index contributed by atoms with van der Waals surface area (Å²) in [5.41, 5.74) is -0.764. The largest absolute Gasteiger partial charge is 0.450 e. The molecular formula is C27H40O5. The highest BCUT2D eigenvalue weighted by Gasteiger charge is 2.72. The summed E-state index contributed by atoms with van der Waals surface area (Å²) in [6.45, 7) is 12.1. The Balaban J connectivity index is 1.79. The number of carbonyl (C=O) groups excluding carboxylic acids is 3. The predicted octanol–water partition coefficient (Wildman–Crippen LogP) is 4.65. The molecule has 5 heteroatoms. The van der Waals surface area contributed by atoms with Crippen LogP contribution in [0.15, 0.2) is 11.6 Å². The minimum atomic E-state index is -1.18. The number of hydrogen-bond acceptors (Lipinski definition) is 5. The van der Waals surface area contributed by atoms with Crippen LogP contribution in [0.25, 0.3) is 0 Å². The van der Waals surface area contributed by atoms with Crippen LogP contribution in [-0.4, -0.2) is 34.3 Å². The van der Waals surface area contributed by atoms with Crippen molar-refractivity contribution in [2.45, 2.75) is 98.2 Å². The zero-order valence-corrected chi connectivity index (χ0v) is 20.6. The van der Waals surface area contributed by atoms with Crippen molar-refractivity contribution >= 4 is 17.5 Å². The van der Waals surface area contributed by atoms with Crippen molar-refractivity contribution in [1.29, 1.82) is 0 Å². The van der Waals surface area contributed by atoms with Crippen molar-refractivity contribution in [3.63, 3.8) is 0 Å². The van der Waals surface area contributed by atoms with Crippen LogP contribution >= 0.6 is 0 Å². The second-order valence-electron chi connectivity index (χ2n) is 11.8. The van der Waals surface area contributed by atoms with E-state index in [0.717, 1.165) is 19.3 Å². The van der Waals surface area contributed by atoms with Crippen LogP contribution in [-0.2, 0) is 19.1 Å². The topological polar surface area (TPSA) is 80.7 Å². The number of Topliss-reactive ketones (excluding diaryl/α,β-unsaturated/α-hetero) is 1. The lowest BCUT2D eigenvalue weighted by Gasteiger charge is -2.62. The molecule has 9 atom stereocenters. The molecule has 0 amide bonds. The van der Waals surface area contributed by atoms with Crippen LogP contribution in [0.4, 0.5) is 0 Å². The molecule has 0 spiro atoms. The molecule has 178 valence electrons. The zero-order chi connectivity index (χ0) is 23.6. The van der Waals surface area contributed by atoms with Gasteiger partial charge in [-0.3, -0.25) is 14.4 Å². The SMILES string of the molecule is CCCC(=O)O[C@]1(C(C)=O)[C@@H](C)C[C@H]2[C@@H]3C[C@H](C)C4=CC(=O)CC[C@]4(C)[C@H]3[C@@H](O)C[C@@]21C. The van der Waals surface area contributed by atoms with Gasteiger partial charge in [0, 0.05) is 24.2 Å². The summed E-state index contributed by atoms with van der Waals surface area (Å²) in [7, 11) is 0. The molecular weight excluding hydrogens is 404 g/mol. The Morgan fingerprint density at radius 1 is 1.22 bits per heavy atom. The van der Waals surface area contributed by atoms with E-state index in [1.54, 1.807) is 6.92 Å². The summed E-state index contributed by atoms with van der Waals surface area (Å²) in [5, 5.41) is 11.6. The highest BCUT2D eigenvalue weighted by atomic mass is 16.6. The lowest BCUT2D eigenvalue weighted by molar-refractivity contribution is -0.206. The van der Waals surface area contributed by atoms with Crippen molar-refractivity contribution < 1.29 is 24.2 Å². The molecule has 0 aromatic heterocycles. The number of hydrogen-bond donors (Lipinski definition) is 1. The zero-order valence-electron chi connectivity index (χ0n) is 20.6. The summed E-state index contributed by atoms with van der Waals surface area (Å²) in [5.74, 6) is 0.478. The van der Waals surface area contributed by atoms with E-state index in [4.69, 9.17) is 4.74 Å². The van der Waals surface area contributed by atoms with Crippen molar-refractivity contribution in [1.82, 2.24) is 0 Å². The van der Waals surface area contributed by atoms with E-state index in [-0.39, 0.29) is 52.5 Å². The Bertz CT molecular complexity index is 860. The molecule has 3 saturated carbocycles. The molecule has 0 unspecified atom stereocenters. The maximum atomic E-state index is 13.2. The molecule has 0 heterocycles. The minimum absolute atomic E-state index is 0.0671. The number of ether oxygens (including phenoxy) is 1. The van der Waals surface area contributed by atoms with Crippen molar-refractivity contribution in [3.05, 3.63) is 11.6 Å². The van der Waals surface area contributed by atoms with Gasteiger partial charge in [0.1, 0.15) is 0 Å². The van der Waals surface area contributed by atoms with Gasteiger partial charge in [-0.05, 0) is 74.2 Å². The number of allylic oxidation sites excluding steroid dienone is 1. The first-order valence-corrected chi connectivity index (χ1v) is 12.6. The second-order valence-corrected chi connectivity index (χ2v) is 11.8. The lowest BCUT2D eigenvalue weighted by Crippen LogP contribution is -2.64. The van der Waals surface area contributed by atoms with Gasteiger partial charge in [-0.25, -0.2) is 0 Å². The number of rotatable bonds is 4. The number of aliphatic hydroxyl groups excluding tert-OH is 1. The van der Waals surface area contributed by atoms with Crippen LogP contribution in [0.1, 0.15) is 86.5 Å². The fourth-order valence-corrected chi connectivity index (χ4v) is 8.91. The quantitative estimate of drug-likeness (QED) is 0.638. The van der Waals surface area contributed by atoms with E-state index in [1.807, 2.05) is 19.9 Å². The van der Waals surface area contributed by atoms with Gasteiger partial charge in [0.25, 0.3) is 0 Å². The van der Waals surface area contributed by atoms with E-state index in [1.165, 1.54) is 5.57 Å². The fraction of sp³-hybridized carbons (Fsp3) is 0.815. The molecule has 0 radical (unpaired) electrons. The Labute approximate surface area is 192 Å². The van der Waals surface area contributed by atoms with Crippen molar-refractivity contribution in [2.24, 2.45) is 40.4 Å². The monoisotopic (exact) mass is 444 g/mol. The van der Waals surface area contributed by atoms with Crippen LogP contribution in [0.5, 0.6) is 0 Å². The Hall–Kier alpha value is -1.49. The molecule has 4 rings (SSSR count). The number of esters is 1. The molecule has 4 aliphatic carbocycles. The van der Waals surface area contributed by atoms with Crippen LogP contribution in [0.2, 0.25) is 0 Å². The van der Waals surface area contributed by atoms with Gasteiger partial charge in [-0.1, -0.05) is 40.2 Å². The molecule has 32 heavy (non-hydrogen) atoms. The molecule has 4 aliphatic rings. The van der Waals surface area contributed by atoms with Gasteiger partial charge in [-0.15, -0.1) is 0 Å². The van der Waals surface area contributed by atoms with E-state index < -0.39 is 17.1 Å². The number of aliphatic hydroxyl groups is 1. The van der Waals surface area contributed by atoms with E-state index >= 15 is 0 Å². The summed E-state index contributed by atoms with van der Waals surface area (Å²) in [6, 6.07) is 0. The third-order valence-corrected chi connectivity index (χ3v) is 10.0. The molecule has 0 aromatic rings. The molecule has 0 aromatic carbocycles. The second kappa shape index (κ2) is 7.78. The van der Waals surface area contributed by atoms with Crippen LogP contribution in [0, 0.1) is 40.4 Å². The number of fused-ring (bicyclic) bond motifs is 5. The standard InChI is InChI=1S/C27H40O5/c1-7-8-23(31)32-27(17(4)28)16(3)12-21-19-11-15(2)20-13-18(29)9-10-25(20,5)24(19)22(30)14-26(21,27)6/h13,15-16,19,21-22,24,30H,7-12,14H2,1-6H3/t15-,16-,19-,21-,22-,24+,25-,26-,27-/m0/s1. The van der Waals surface area contributed by atoms with Crippen LogP contribution in [0.3, 0.4) is 0 Å². The van der Waals surface area contributed by atoms with E-state index in [2.05, 4.69) is 20.8 Å². The number of ketones is 2. The third-order valence-electron chi connectivity index (χ3n) is 10.0. The van der Waals surface area contributed by atoms with Gasteiger partial charge >= 0.3 is 5.97 Å². The smallest absolute Gasteiger partial charge is 0.306 e. The first-order chi connectivity index (χ1) is 14.9. The maximum Gasteiger partial charge on any atom is 0.306 e. The normalized spacial score (nSPS) is 47.7. The Morgan fingerprint density at radius 3 is 2.53 bits per heavy atom. The Kier molecular flexibility index (Phi) is 5.76. The average molecular weight is 445 g/mol. The molecule has 1 N–H and O–H groups in total. The summed E-state index contributed by atoms with van der Waals surface area (Å²) in [6.07, 6.45) is 5.73. The van der Waals surface area contributed by atoms with Gasteiger partial charge in [0.15, 0.2) is 17.2 Å². The van der Waals surface area contributed by atoms with Gasteiger partial charge < -0.3 is 9.84 Å². The molecule has 5 nitrogen and oxygen atoms in total. The predicted molar refractivity (Wildman–Crippen MR) is 122 cm³/mol. The highest BCUT2D eigenvalue weighted by molar-refractivity contribution is 5.92. The van der Waals surface area contributed by atoms with Crippen molar-refractivity contribution in [2.75, 3.05) is 0 Å². The molecule has 0 bridgehead atoms. The third kappa shape index (κ3) is 3.02. The first-order valence-electron chi connectivity index (χ1n) is 12.6. The average Bonchev–Trinajstić information content (AvgIpc) is 2.91. The summed E-state index contributed by atoms with van der Waals surface area (Å²) >= 11 is 0. The summed E-state index contributed by atoms with van der Waals surface area (Å²) < 4.78 is 6.13. The minimum Gasteiger partial charge on any atom is -0.450 e. The molecule has 0 aliphatic heterocycles. The van der Waals surface area contributed by atoms with Crippen LogP contribution < -0.4 is 0 Å². The first kappa shape index (κ1) is 23.7.